The number of nitrogens with two attached hydrogens (primary N) is 1. The zero-order valence-electron chi connectivity index (χ0n) is 9.14. The molecule has 3 rings (SSSR count). The minimum Gasteiger partial charge on any atom is -0.396 e. The highest BCUT2D eigenvalue weighted by Crippen LogP contribution is 2.25. The second kappa shape index (κ2) is 4.26. The van der Waals surface area contributed by atoms with Gasteiger partial charge in [-0.05, 0) is 18.2 Å². The standard InChI is InChI=1S/C12H8BrClN4/c13-8-3-1-7(2-4-8)11-16-17-12-10(15)5-9(14)6-18(11)12/h1-6H,15H2. The van der Waals surface area contributed by atoms with Gasteiger partial charge < -0.3 is 5.73 Å². The lowest BCUT2D eigenvalue weighted by Crippen LogP contribution is -1.94. The zero-order chi connectivity index (χ0) is 12.7. The van der Waals surface area contributed by atoms with Gasteiger partial charge in [0.2, 0.25) is 0 Å². The van der Waals surface area contributed by atoms with Crippen molar-refractivity contribution >= 4 is 38.9 Å². The lowest BCUT2D eigenvalue weighted by Gasteiger charge is -2.02. The van der Waals surface area contributed by atoms with Gasteiger partial charge in [-0.2, -0.15) is 0 Å². The highest BCUT2D eigenvalue weighted by Gasteiger charge is 2.10. The molecule has 0 spiro atoms. The maximum Gasteiger partial charge on any atom is 0.184 e. The van der Waals surface area contributed by atoms with Gasteiger partial charge in [0.15, 0.2) is 11.5 Å². The molecule has 0 fully saturated rings. The van der Waals surface area contributed by atoms with Crippen molar-refractivity contribution in [3.05, 3.63) is 46.0 Å². The number of rotatable bonds is 1. The Morgan fingerprint density at radius 3 is 2.61 bits per heavy atom. The first kappa shape index (κ1) is 11.5. The molecule has 4 nitrogen and oxygen atoms in total. The van der Waals surface area contributed by atoms with Crippen LogP contribution in [0.25, 0.3) is 17.0 Å². The zero-order valence-corrected chi connectivity index (χ0v) is 11.5. The molecule has 18 heavy (non-hydrogen) atoms. The largest absolute Gasteiger partial charge is 0.396 e. The molecule has 0 aliphatic carbocycles. The van der Waals surface area contributed by atoms with Crippen LogP contribution in [0.1, 0.15) is 0 Å². The Morgan fingerprint density at radius 2 is 1.89 bits per heavy atom. The van der Waals surface area contributed by atoms with Gasteiger partial charge in [0.05, 0.1) is 10.7 Å². The van der Waals surface area contributed by atoms with Gasteiger partial charge in [-0.15, -0.1) is 10.2 Å². The lowest BCUT2D eigenvalue weighted by atomic mass is 10.2. The molecule has 0 saturated carbocycles. The third kappa shape index (κ3) is 1.85. The van der Waals surface area contributed by atoms with Crippen LogP contribution in [-0.4, -0.2) is 14.6 Å². The molecule has 1 aromatic carbocycles. The number of nitrogen functional groups attached to an aromatic ring is 1. The minimum atomic E-state index is 0.512. The lowest BCUT2D eigenvalue weighted by molar-refractivity contribution is 1.11. The fraction of sp³-hybridized carbons (Fsp3) is 0. The Labute approximate surface area is 117 Å². The number of nitrogens with zero attached hydrogens (tertiary/aromatic N) is 3. The number of pyridine rings is 1. The van der Waals surface area contributed by atoms with Crippen molar-refractivity contribution in [1.29, 1.82) is 0 Å². The summed E-state index contributed by atoms with van der Waals surface area (Å²) in [6.45, 7) is 0. The smallest absolute Gasteiger partial charge is 0.184 e. The summed E-state index contributed by atoms with van der Waals surface area (Å²) >= 11 is 9.40. The first-order chi connectivity index (χ1) is 8.65. The van der Waals surface area contributed by atoms with Gasteiger partial charge >= 0.3 is 0 Å². The number of aromatic nitrogens is 3. The Hall–Kier alpha value is -1.59. The van der Waals surface area contributed by atoms with Crippen molar-refractivity contribution in [3.8, 4) is 11.4 Å². The van der Waals surface area contributed by atoms with Crippen LogP contribution in [0.15, 0.2) is 41.0 Å². The SMILES string of the molecule is Nc1cc(Cl)cn2c(-c3ccc(Br)cc3)nnc12. The maximum absolute atomic E-state index is 6.00. The van der Waals surface area contributed by atoms with E-state index in [-0.39, 0.29) is 0 Å². The molecule has 0 bridgehead atoms. The van der Waals surface area contributed by atoms with Gasteiger partial charge in [-0.1, -0.05) is 39.7 Å². The van der Waals surface area contributed by atoms with E-state index in [4.69, 9.17) is 17.3 Å². The molecule has 0 radical (unpaired) electrons. The van der Waals surface area contributed by atoms with Crippen LogP contribution in [-0.2, 0) is 0 Å². The summed E-state index contributed by atoms with van der Waals surface area (Å²) in [6, 6.07) is 9.47. The van der Waals surface area contributed by atoms with Crippen molar-refractivity contribution in [2.45, 2.75) is 0 Å². The van der Waals surface area contributed by atoms with E-state index in [1.54, 1.807) is 16.7 Å². The highest BCUT2D eigenvalue weighted by atomic mass is 79.9. The van der Waals surface area contributed by atoms with Crippen molar-refractivity contribution in [2.75, 3.05) is 5.73 Å². The predicted octanol–water partition coefficient (Wildman–Crippen LogP) is 3.39. The van der Waals surface area contributed by atoms with Gasteiger partial charge in [0, 0.05) is 16.2 Å². The number of fused-ring (bicyclic) bond motifs is 1. The second-order valence-electron chi connectivity index (χ2n) is 3.84. The van der Waals surface area contributed by atoms with Crippen LogP contribution in [0.5, 0.6) is 0 Å². The molecule has 0 aliphatic heterocycles. The third-order valence-corrected chi connectivity index (χ3v) is 3.34. The molecule has 2 heterocycles. The van der Waals surface area contributed by atoms with Gasteiger partial charge in [-0.25, -0.2) is 0 Å². The molecule has 0 aliphatic rings. The first-order valence-corrected chi connectivity index (χ1v) is 6.38. The summed E-state index contributed by atoms with van der Waals surface area (Å²) in [5.74, 6) is 0.715. The van der Waals surface area contributed by atoms with Crippen LogP contribution in [0.3, 0.4) is 0 Å². The molecule has 3 aromatic rings. The Morgan fingerprint density at radius 1 is 1.17 bits per heavy atom. The van der Waals surface area contributed by atoms with E-state index in [2.05, 4.69) is 26.1 Å². The minimum absolute atomic E-state index is 0.512. The summed E-state index contributed by atoms with van der Waals surface area (Å²) in [4.78, 5) is 0. The molecule has 90 valence electrons. The van der Waals surface area contributed by atoms with E-state index >= 15 is 0 Å². The fourth-order valence-electron chi connectivity index (χ4n) is 1.78. The van der Waals surface area contributed by atoms with E-state index < -0.39 is 0 Å². The van der Waals surface area contributed by atoms with E-state index in [0.717, 1.165) is 10.0 Å². The number of hydrogen-bond acceptors (Lipinski definition) is 3. The quantitative estimate of drug-likeness (QED) is 0.747. The van der Waals surface area contributed by atoms with E-state index in [9.17, 15) is 0 Å². The monoisotopic (exact) mass is 322 g/mol. The number of halogens is 2. The van der Waals surface area contributed by atoms with Gasteiger partial charge in [-0.3, -0.25) is 4.40 Å². The molecule has 0 saturated heterocycles. The van der Waals surface area contributed by atoms with Crippen LogP contribution in [0, 0.1) is 0 Å². The summed E-state index contributed by atoms with van der Waals surface area (Å²) < 4.78 is 2.80. The second-order valence-corrected chi connectivity index (χ2v) is 5.19. The molecular formula is C12H8BrClN4. The molecule has 0 unspecified atom stereocenters. The summed E-state index contributed by atoms with van der Waals surface area (Å²) in [7, 11) is 0. The van der Waals surface area contributed by atoms with Gasteiger partial charge in [0.25, 0.3) is 0 Å². The molecule has 0 atom stereocenters. The van der Waals surface area contributed by atoms with Crippen LogP contribution < -0.4 is 5.73 Å². The average Bonchev–Trinajstić information content (AvgIpc) is 2.74. The predicted molar refractivity (Wildman–Crippen MR) is 75.5 cm³/mol. The number of benzene rings is 1. The van der Waals surface area contributed by atoms with Crippen molar-refractivity contribution in [3.63, 3.8) is 0 Å². The molecule has 2 N–H and O–H groups in total. The first-order valence-electron chi connectivity index (χ1n) is 5.21. The average molecular weight is 324 g/mol. The number of hydrogen-bond donors (Lipinski definition) is 1. The van der Waals surface area contributed by atoms with Crippen molar-refractivity contribution < 1.29 is 0 Å². The van der Waals surface area contributed by atoms with Crippen LogP contribution >= 0.6 is 27.5 Å². The maximum atomic E-state index is 6.00. The molecule has 6 heteroatoms. The summed E-state index contributed by atoms with van der Waals surface area (Å²) in [6.07, 6.45) is 1.75. The van der Waals surface area contributed by atoms with Gasteiger partial charge in [0.1, 0.15) is 0 Å². The normalized spacial score (nSPS) is 11.0. The topological polar surface area (TPSA) is 56.2 Å². The van der Waals surface area contributed by atoms with Crippen LogP contribution in [0.4, 0.5) is 5.69 Å². The molecule has 0 amide bonds. The fourth-order valence-corrected chi connectivity index (χ4v) is 2.26. The van der Waals surface area contributed by atoms with E-state index in [0.29, 0.717) is 22.2 Å². The molecule has 2 aromatic heterocycles. The molecular weight excluding hydrogens is 316 g/mol. The van der Waals surface area contributed by atoms with E-state index in [1.807, 2.05) is 24.3 Å². The van der Waals surface area contributed by atoms with E-state index in [1.165, 1.54) is 0 Å². The number of anilines is 1. The summed E-state index contributed by atoms with van der Waals surface area (Å²) in [5.41, 5.74) is 7.93. The van der Waals surface area contributed by atoms with Crippen molar-refractivity contribution in [1.82, 2.24) is 14.6 Å². The third-order valence-electron chi connectivity index (χ3n) is 2.60. The Kier molecular flexibility index (Phi) is 2.72. The Bertz CT molecular complexity index is 721. The van der Waals surface area contributed by atoms with Crippen LogP contribution in [0.2, 0.25) is 5.02 Å². The summed E-state index contributed by atoms with van der Waals surface area (Å²) in [5, 5.41) is 8.79. The highest BCUT2D eigenvalue weighted by molar-refractivity contribution is 9.10. The Balaban J connectivity index is 2.27. The van der Waals surface area contributed by atoms with Crippen molar-refractivity contribution in [2.24, 2.45) is 0 Å².